The highest BCUT2D eigenvalue weighted by Crippen LogP contribution is 2.20. The zero-order valence-electron chi connectivity index (χ0n) is 14.6. The van der Waals surface area contributed by atoms with Gasteiger partial charge in [-0.05, 0) is 35.4 Å². The summed E-state index contributed by atoms with van der Waals surface area (Å²) in [5.41, 5.74) is 3.45. The van der Waals surface area contributed by atoms with Crippen LogP contribution in [0.3, 0.4) is 0 Å². The van der Waals surface area contributed by atoms with Crippen molar-refractivity contribution in [2.24, 2.45) is 0 Å². The molecule has 1 unspecified atom stereocenters. The smallest absolute Gasteiger partial charge is 0.119 e. The topological polar surface area (TPSA) is 54.0 Å². The van der Waals surface area contributed by atoms with Gasteiger partial charge in [0.1, 0.15) is 5.75 Å². The van der Waals surface area contributed by atoms with Crippen LogP contribution in [0.4, 0.5) is 5.69 Å². The van der Waals surface area contributed by atoms with Crippen molar-refractivity contribution in [1.82, 2.24) is 5.32 Å². The number of nitrogens with zero attached hydrogens (tertiary/aromatic N) is 1. The fourth-order valence-electron chi connectivity index (χ4n) is 3.03. The molecule has 1 aliphatic heterocycles. The Balaban J connectivity index is 1.59. The summed E-state index contributed by atoms with van der Waals surface area (Å²) in [5.74, 6) is 0.799. The zero-order chi connectivity index (χ0) is 17.5. The molecule has 0 amide bonds. The molecule has 0 aromatic heterocycles. The van der Waals surface area contributed by atoms with E-state index in [4.69, 9.17) is 9.47 Å². The number of hydrogen-bond donors (Lipinski definition) is 2. The molecule has 2 N–H and O–H groups in total. The molecule has 2 aromatic rings. The highest BCUT2D eigenvalue weighted by atomic mass is 16.5. The van der Waals surface area contributed by atoms with E-state index in [2.05, 4.69) is 34.5 Å². The Bertz CT molecular complexity index is 654. The Kier molecular flexibility index (Phi) is 6.28. The van der Waals surface area contributed by atoms with Crippen molar-refractivity contribution < 1.29 is 14.6 Å². The van der Waals surface area contributed by atoms with Gasteiger partial charge in [0.25, 0.3) is 0 Å². The summed E-state index contributed by atoms with van der Waals surface area (Å²) in [7, 11) is 1.65. The van der Waals surface area contributed by atoms with E-state index < -0.39 is 0 Å². The molecule has 1 heterocycles. The van der Waals surface area contributed by atoms with E-state index in [-0.39, 0.29) is 12.6 Å². The lowest BCUT2D eigenvalue weighted by Crippen LogP contribution is -2.36. The molecule has 134 valence electrons. The number of morpholine rings is 1. The van der Waals surface area contributed by atoms with Gasteiger partial charge in [-0.15, -0.1) is 0 Å². The fraction of sp³-hybridized carbons (Fsp3) is 0.400. The van der Waals surface area contributed by atoms with Crippen LogP contribution >= 0.6 is 0 Å². The van der Waals surface area contributed by atoms with E-state index in [1.807, 2.05) is 24.3 Å². The third-order valence-corrected chi connectivity index (χ3v) is 4.54. The maximum Gasteiger partial charge on any atom is 0.119 e. The van der Waals surface area contributed by atoms with Gasteiger partial charge in [0, 0.05) is 25.3 Å². The molecule has 0 radical (unpaired) electrons. The van der Waals surface area contributed by atoms with E-state index in [0.717, 1.165) is 37.6 Å². The van der Waals surface area contributed by atoms with Gasteiger partial charge >= 0.3 is 0 Å². The Labute approximate surface area is 149 Å². The molecule has 25 heavy (non-hydrogen) atoms. The highest BCUT2D eigenvalue weighted by molar-refractivity contribution is 5.48. The summed E-state index contributed by atoms with van der Waals surface area (Å²) >= 11 is 0. The van der Waals surface area contributed by atoms with E-state index in [9.17, 15) is 5.11 Å². The van der Waals surface area contributed by atoms with Gasteiger partial charge in [-0.2, -0.15) is 0 Å². The number of rotatable bonds is 7. The van der Waals surface area contributed by atoms with E-state index >= 15 is 0 Å². The van der Waals surface area contributed by atoms with Crippen molar-refractivity contribution in [2.75, 3.05) is 44.9 Å². The van der Waals surface area contributed by atoms with Crippen molar-refractivity contribution in [3.05, 3.63) is 59.7 Å². The first-order chi connectivity index (χ1) is 12.3. The molecule has 1 aliphatic rings. The third kappa shape index (κ3) is 4.72. The summed E-state index contributed by atoms with van der Waals surface area (Å²) in [4.78, 5) is 2.34. The van der Waals surface area contributed by atoms with Crippen molar-refractivity contribution in [3.8, 4) is 5.75 Å². The average Bonchev–Trinajstić information content (AvgIpc) is 2.70. The van der Waals surface area contributed by atoms with Gasteiger partial charge < -0.3 is 24.8 Å². The van der Waals surface area contributed by atoms with Gasteiger partial charge in [0.2, 0.25) is 0 Å². The van der Waals surface area contributed by atoms with Gasteiger partial charge in [-0.25, -0.2) is 0 Å². The SMILES string of the molecule is COc1cccc(C(CO)NCc2ccc(N3CCOCC3)cc2)c1. The van der Waals surface area contributed by atoms with Gasteiger partial charge in [-0.3, -0.25) is 0 Å². The Hall–Kier alpha value is -2.08. The van der Waals surface area contributed by atoms with Crippen LogP contribution in [0.2, 0.25) is 0 Å². The van der Waals surface area contributed by atoms with Crippen LogP contribution in [-0.4, -0.2) is 45.1 Å². The molecule has 1 fully saturated rings. The van der Waals surface area contributed by atoms with Crippen LogP contribution in [0.5, 0.6) is 5.75 Å². The first-order valence-corrected chi connectivity index (χ1v) is 8.70. The Morgan fingerprint density at radius 1 is 1.16 bits per heavy atom. The lowest BCUT2D eigenvalue weighted by Gasteiger charge is -2.29. The number of anilines is 1. The second kappa shape index (κ2) is 8.85. The summed E-state index contributed by atoms with van der Waals surface area (Å²) in [6, 6.07) is 16.3. The van der Waals surface area contributed by atoms with Crippen molar-refractivity contribution in [1.29, 1.82) is 0 Å². The molecular formula is C20H26N2O3. The molecular weight excluding hydrogens is 316 g/mol. The zero-order valence-corrected chi connectivity index (χ0v) is 14.6. The molecule has 5 heteroatoms. The quantitative estimate of drug-likeness (QED) is 0.809. The Morgan fingerprint density at radius 3 is 2.60 bits per heavy atom. The largest absolute Gasteiger partial charge is 0.497 e. The summed E-state index contributed by atoms with van der Waals surface area (Å²) in [6.45, 7) is 4.22. The second-order valence-electron chi connectivity index (χ2n) is 6.16. The predicted molar refractivity (Wildman–Crippen MR) is 99.1 cm³/mol. The summed E-state index contributed by atoms with van der Waals surface area (Å²) in [6.07, 6.45) is 0. The van der Waals surface area contributed by atoms with Gasteiger partial charge in [0.05, 0.1) is 33.0 Å². The second-order valence-corrected chi connectivity index (χ2v) is 6.16. The van der Waals surface area contributed by atoms with Gasteiger partial charge in [0.15, 0.2) is 0 Å². The van der Waals surface area contributed by atoms with Crippen LogP contribution in [-0.2, 0) is 11.3 Å². The number of ether oxygens (including phenoxy) is 2. The minimum absolute atomic E-state index is 0.0407. The van der Waals surface area contributed by atoms with E-state index in [1.165, 1.54) is 11.3 Å². The molecule has 1 atom stereocenters. The minimum Gasteiger partial charge on any atom is -0.497 e. The average molecular weight is 342 g/mol. The molecule has 5 nitrogen and oxygen atoms in total. The number of methoxy groups -OCH3 is 1. The molecule has 3 rings (SSSR count). The fourth-order valence-corrected chi connectivity index (χ4v) is 3.03. The van der Waals surface area contributed by atoms with Crippen molar-refractivity contribution >= 4 is 5.69 Å². The standard InChI is InChI=1S/C20H26N2O3/c1-24-19-4-2-3-17(13-19)20(15-23)21-14-16-5-7-18(8-6-16)22-9-11-25-12-10-22/h2-8,13,20-21,23H,9-12,14-15H2,1H3. The first-order valence-electron chi connectivity index (χ1n) is 8.70. The molecule has 0 spiro atoms. The van der Waals surface area contributed by atoms with Crippen LogP contribution in [0.25, 0.3) is 0 Å². The number of hydrogen-bond acceptors (Lipinski definition) is 5. The van der Waals surface area contributed by atoms with Gasteiger partial charge in [-0.1, -0.05) is 24.3 Å². The lowest BCUT2D eigenvalue weighted by molar-refractivity contribution is 0.122. The summed E-state index contributed by atoms with van der Waals surface area (Å²) in [5, 5.41) is 13.1. The maximum absolute atomic E-state index is 9.71. The number of benzene rings is 2. The Morgan fingerprint density at radius 2 is 1.92 bits per heavy atom. The molecule has 0 saturated carbocycles. The highest BCUT2D eigenvalue weighted by Gasteiger charge is 2.12. The van der Waals surface area contributed by atoms with Crippen LogP contribution < -0.4 is 15.0 Å². The molecule has 0 bridgehead atoms. The third-order valence-electron chi connectivity index (χ3n) is 4.54. The number of nitrogens with one attached hydrogen (secondary N) is 1. The predicted octanol–water partition coefficient (Wildman–Crippen LogP) is 2.36. The molecule has 2 aromatic carbocycles. The lowest BCUT2D eigenvalue weighted by atomic mass is 10.1. The van der Waals surface area contributed by atoms with Crippen molar-refractivity contribution in [2.45, 2.75) is 12.6 Å². The van der Waals surface area contributed by atoms with E-state index in [1.54, 1.807) is 7.11 Å². The first kappa shape index (κ1) is 17.7. The maximum atomic E-state index is 9.71. The van der Waals surface area contributed by atoms with Crippen molar-refractivity contribution in [3.63, 3.8) is 0 Å². The monoisotopic (exact) mass is 342 g/mol. The van der Waals surface area contributed by atoms with Crippen LogP contribution in [0.1, 0.15) is 17.2 Å². The number of aliphatic hydroxyl groups excluding tert-OH is 1. The van der Waals surface area contributed by atoms with Crippen LogP contribution in [0.15, 0.2) is 48.5 Å². The minimum atomic E-state index is -0.117. The summed E-state index contributed by atoms with van der Waals surface area (Å²) < 4.78 is 10.7. The normalized spacial score (nSPS) is 15.8. The van der Waals surface area contributed by atoms with E-state index in [0.29, 0.717) is 6.54 Å². The molecule has 1 saturated heterocycles. The number of aliphatic hydroxyl groups is 1. The molecule has 0 aliphatic carbocycles. The van der Waals surface area contributed by atoms with Crippen LogP contribution in [0, 0.1) is 0 Å².